The van der Waals surface area contributed by atoms with Crippen LogP contribution in [0.25, 0.3) is 10.9 Å². The monoisotopic (exact) mass is 442 g/mol. The van der Waals surface area contributed by atoms with Crippen LogP contribution in [-0.2, 0) is 24.2 Å². The topological polar surface area (TPSA) is 51.5 Å². The zero-order valence-corrected chi connectivity index (χ0v) is 18.3. The quantitative estimate of drug-likeness (QED) is 0.426. The van der Waals surface area contributed by atoms with Gasteiger partial charge in [0.2, 0.25) is 0 Å². The van der Waals surface area contributed by atoms with Crippen LogP contribution in [0.2, 0.25) is 0 Å². The highest BCUT2D eigenvalue weighted by molar-refractivity contribution is 5.95. The van der Waals surface area contributed by atoms with Crippen LogP contribution in [0.3, 0.4) is 0 Å². The molecule has 1 aliphatic rings. The molecule has 0 fully saturated rings. The van der Waals surface area contributed by atoms with Crippen molar-refractivity contribution in [2.75, 3.05) is 13.7 Å². The van der Waals surface area contributed by atoms with Crippen molar-refractivity contribution in [1.29, 1.82) is 0 Å². The van der Waals surface area contributed by atoms with Gasteiger partial charge in [0, 0.05) is 29.7 Å². The van der Waals surface area contributed by atoms with E-state index in [0.29, 0.717) is 31.6 Å². The number of hydrogen-bond acceptors (Lipinski definition) is 3. The van der Waals surface area contributed by atoms with Crippen molar-refractivity contribution in [2.24, 2.45) is 0 Å². The average molecular weight is 442 g/mol. The summed E-state index contributed by atoms with van der Waals surface area (Å²) in [4.78, 5) is 26.6. The Labute approximate surface area is 191 Å². The van der Waals surface area contributed by atoms with Crippen LogP contribution in [0.5, 0.6) is 0 Å². The van der Waals surface area contributed by atoms with Crippen molar-refractivity contribution in [3.8, 4) is 0 Å². The number of carbonyl (C=O) groups is 2. The first-order valence-corrected chi connectivity index (χ1v) is 10.9. The Morgan fingerprint density at radius 3 is 2.45 bits per heavy atom. The maximum atomic E-state index is 14.3. The van der Waals surface area contributed by atoms with E-state index in [0.717, 1.165) is 16.8 Å². The number of hydrogen-bond donors (Lipinski definition) is 0. The van der Waals surface area contributed by atoms with E-state index in [1.165, 1.54) is 30.2 Å². The van der Waals surface area contributed by atoms with Crippen LogP contribution in [0.15, 0.2) is 72.8 Å². The van der Waals surface area contributed by atoms with Gasteiger partial charge in [-0.1, -0.05) is 42.5 Å². The average Bonchev–Trinajstić information content (AvgIpc) is 3.17. The minimum Gasteiger partial charge on any atom is -0.465 e. The Balaban J connectivity index is 1.51. The standard InChI is InChI=1S/C27H23FN2O3/c1-33-27(32)19-12-10-18(11-13-19)16-30-24-9-5-3-6-20(24)21-14-15-29(17-25(21)30)26(31)22-7-2-4-8-23(22)28/h2-13H,14-17H2,1H3. The number of methoxy groups -OCH3 is 1. The first-order chi connectivity index (χ1) is 16.1. The third-order valence-electron chi connectivity index (χ3n) is 6.27. The van der Waals surface area contributed by atoms with Gasteiger partial charge in [-0.25, -0.2) is 9.18 Å². The Morgan fingerprint density at radius 1 is 0.970 bits per heavy atom. The minimum absolute atomic E-state index is 0.0991. The molecule has 0 bridgehead atoms. The molecule has 3 aromatic carbocycles. The molecule has 33 heavy (non-hydrogen) atoms. The lowest BCUT2D eigenvalue weighted by Crippen LogP contribution is -2.37. The largest absolute Gasteiger partial charge is 0.465 e. The van der Waals surface area contributed by atoms with Gasteiger partial charge in [-0.15, -0.1) is 0 Å². The first-order valence-electron chi connectivity index (χ1n) is 10.9. The molecular weight excluding hydrogens is 419 g/mol. The summed E-state index contributed by atoms with van der Waals surface area (Å²) in [5.74, 6) is -1.16. The van der Waals surface area contributed by atoms with E-state index in [2.05, 4.69) is 16.7 Å². The molecule has 1 aromatic heterocycles. The molecule has 0 saturated heterocycles. The van der Waals surface area contributed by atoms with Crippen LogP contribution in [0.4, 0.5) is 4.39 Å². The molecule has 0 spiro atoms. The van der Waals surface area contributed by atoms with Gasteiger partial charge in [0.1, 0.15) is 5.82 Å². The molecular formula is C27H23FN2O3. The molecule has 4 aromatic rings. The summed E-state index contributed by atoms with van der Waals surface area (Å²) in [6.45, 7) is 1.55. The molecule has 166 valence electrons. The van der Waals surface area contributed by atoms with Gasteiger partial charge in [0.25, 0.3) is 5.91 Å². The SMILES string of the molecule is COC(=O)c1ccc(Cn2c3c(c4ccccc42)CCN(C(=O)c2ccccc2F)C3)cc1. The fraction of sp³-hybridized carbons (Fsp3) is 0.185. The van der Waals surface area contributed by atoms with E-state index in [9.17, 15) is 14.0 Å². The van der Waals surface area contributed by atoms with Crippen LogP contribution < -0.4 is 0 Å². The number of esters is 1. The van der Waals surface area contributed by atoms with Gasteiger partial charge < -0.3 is 14.2 Å². The van der Waals surface area contributed by atoms with Gasteiger partial charge in [0.05, 0.1) is 24.8 Å². The first kappa shape index (κ1) is 20.9. The van der Waals surface area contributed by atoms with E-state index in [1.54, 1.807) is 29.2 Å². The van der Waals surface area contributed by atoms with Crippen molar-refractivity contribution in [2.45, 2.75) is 19.5 Å². The lowest BCUT2D eigenvalue weighted by Gasteiger charge is -2.29. The number of amides is 1. The number of para-hydroxylation sites is 1. The molecule has 5 rings (SSSR count). The molecule has 0 unspecified atom stereocenters. The maximum Gasteiger partial charge on any atom is 0.337 e. The molecule has 6 heteroatoms. The minimum atomic E-state index is -0.500. The number of carbonyl (C=O) groups excluding carboxylic acids is 2. The lowest BCUT2D eigenvalue weighted by molar-refractivity contribution is 0.0600. The van der Waals surface area contributed by atoms with Crippen LogP contribution in [0.1, 0.15) is 37.5 Å². The van der Waals surface area contributed by atoms with Crippen LogP contribution >= 0.6 is 0 Å². The van der Waals surface area contributed by atoms with Crippen LogP contribution in [0, 0.1) is 5.82 Å². The predicted molar refractivity (Wildman–Crippen MR) is 124 cm³/mol. The molecule has 0 saturated carbocycles. The third-order valence-corrected chi connectivity index (χ3v) is 6.27. The number of benzene rings is 3. The summed E-state index contributed by atoms with van der Waals surface area (Å²) in [6, 6.07) is 21.7. The van der Waals surface area contributed by atoms with Crippen molar-refractivity contribution < 1.29 is 18.7 Å². The highest BCUT2D eigenvalue weighted by Gasteiger charge is 2.28. The lowest BCUT2D eigenvalue weighted by atomic mass is 10.0. The highest BCUT2D eigenvalue weighted by Crippen LogP contribution is 2.32. The highest BCUT2D eigenvalue weighted by atomic mass is 19.1. The third kappa shape index (κ3) is 3.78. The number of nitrogens with zero attached hydrogens (tertiary/aromatic N) is 2. The Bertz CT molecular complexity index is 1360. The van der Waals surface area contributed by atoms with Gasteiger partial charge in [-0.3, -0.25) is 4.79 Å². The number of rotatable bonds is 4. The van der Waals surface area contributed by atoms with Gasteiger partial charge >= 0.3 is 5.97 Å². The summed E-state index contributed by atoms with van der Waals surface area (Å²) in [6.07, 6.45) is 0.713. The summed E-state index contributed by atoms with van der Waals surface area (Å²) >= 11 is 0. The molecule has 5 nitrogen and oxygen atoms in total. The second-order valence-corrected chi connectivity index (χ2v) is 8.17. The maximum absolute atomic E-state index is 14.3. The molecule has 1 amide bonds. The summed E-state index contributed by atoms with van der Waals surface area (Å²) in [5.41, 5.74) is 5.02. The predicted octanol–water partition coefficient (Wildman–Crippen LogP) is 4.81. The smallest absolute Gasteiger partial charge is 0.337 e. The van der Waals surface area contributed by atoms with E-state index in [4.69, 9.17) is 4.74 Å². The molecule has 2 heterocycles. The van der Waals surface area contributed by atoms with Crippen molar-refractivity contribution >= 4 is 22.8 Å². The Morgan fingerprint density at radius 2 is 1.70 bits per heavy atom. The van der Waals surface area contributed by atoms with Crippen LogP contribution in [-0.4, -0.2) is 35.0 Å². The van der Waals surface area contributed by atoms with E-state index < -0.39 is 5.82 Å². The zero-order valence-electron chi connectivity index (χ0n) is 18.3. The summed E-state index contributed by atoms with van der Waals surface area (Å²) in [7, 11) is 1.36. The van der Waals surface area contributed by atoms with E-state index >= 15 is 0 Å². The summed E-state index contributed by atoms with van der Waals surface area (Å²) in [5, 5.41) is 1.18. The molecule has 0 radical (unpaired) electrons. The van der Waals surface area contributed by atoms with E-state index in [1.807, 2.05) is 24.3 Å². The molecule has 0 aliphatic carbocycles. The van der Waals surface area contributed by atoms with Gasteiger partial charge in [0.15, 0.2) is 0 Å². The molecule has 1 aliphatic heterocycles. The number of fused-ring (bicyclic) bond motifs is 3. The second kappa shape index (κ2) is 8.54. The molecule has 0 N–H and O–H groups in total. The van der Waals surface area contributed by atoms with Gasteiger partial charge in [-0.05, 0) is 47.9 Å². The van der Waals surface area contributed by atoms with E-state index in [-0.39, 0.29) is 17.4 Å². The van der Waals surface area contributed by atoms with Crippen molar-refractivity contribution in [3.63, 3.8) is 0 Å². The Hall–Kier alpha value is -3.93. The zero-order chi connectivity index (χ0) is 22.9. The number of halogens is 1. The fourth-order valence-electron chi connectivity index (χ4n) is 4.60. The second-order valence-electron chi connectivity index (χ2n) is 8.17. The fourth-order valence-corrected chi connectivity index (χ4v) is 4.60. The van der Waals surface area contributed by atoms with Crippen molar-refractivity contribution in [3.05, 3.63) is 107 Å². The Kier molecular flexibility index (Phi) is 5.42. The van der Waals surface area contributed by atoms with Gasteiger partial charge in [-0.2, -0.15) is 0 Å². The normalized spacial score (nSPS) is 13.1. The number of ether oxygens (including phenoxy) is 1. The van der Waals surface area contributed by atoms with Crippen molar-refractivity contribution in [1.82, 2.24) is 9.47 Å². The number of aromatic nitrogens is 1. The molecule has 0 atom stereocenters. The summed E-state index contributed by atoms with van der Waals surface area (Å²) < 4.78 is 21.3.